The number of nitrogens with one attached hydrogen (secondary N) is 2. The van der Waals surface area contributed by atoms with E-state index in [1.807, 2.05) is 6.92 Å². The third kappa shape index (κ3) is 6.22. The van der Waals surface area contributed by atoms with Gasteiger partial charge in [-0.25, -0.2) is 14.0 Å². The maximum atomic E-state index is 13.1. The molecule has 0 aliphatic heterocycles. The van der Waals surface area contributed by atoms with E-state index < -0.39 is 17.8 Å². The summed E-state index contributed by atoms with van der Waals surface area (Å²) in [6, 6.07) is 2.47. The average molecular weight is 298 g/mol. The molecule has 6 nitrogen and oxygen atoms in total. The zero-order valence-corrected chi connectivity index (χ0v) is 11.8. The van der Waals surface area contributed by atoms with Crippen LogP contribution in [0.4, 0.5) is 14.9 Å². The van der Waals surface area contributed by atoms with Crippen molar-refractivity contribution in [1.82, 2.24) is 5.32 Å². The first-order chi connectivity index (χ1) is 10.0. The van der Waals surface area contributed by atoms with Crippen LogP contribution in [0.15, 0.2) is 18.2 Å². The van der Waals surface area contributed by atoms with E-state index in [4.69, 9.17) is 9.84 Å². The molecule has 2 amide bonds. The smallest absolute Gasteiger partial charge is 0.337 e. The topological polar surface area (TPSA) is 87.7 Å². The molecular formula is C14H19FN2O4. The first-order valence-electron chi connectivity index (χ1n) is 6.70. The van der Waals surface area contributed by atoms with Crippen molar-refractivity contribution >= 4 is 17.7 Å². The highest BCUT2D eigenvalue weighted by molar-refractivity contribution is 5.99. The number of amides is 2. The fourth-order valence-corrected chi connectivity index (χ4v) is 1.56. The van der Waals surface area contributed by atoms with Gasteiger partial charge in [-0.05, 0) is 24.6 Å². The van der Waals surface area contributed by atoms with Crippen LogP contribution < -0.4 is 10.6 Å². The van der Waals surface area contributed by atoms with E-state index in [-0.39, 0.29) is 17.8 Å². The standard InChI is InChI=1S/C14H19FN2O4/c1-2-3-7-21-8-6-16-14(20)17-12-9-10(15)4-5-11(12)13(18)19/h4-5,9H,2-3,6-8H2,1H3,(H,18,19)(H2,16,17,20). The number of carboxylic acid groups (broad SMARTS) is 1. The highest BCUT2D eigenvalue weighted by atomic mass is 19.1. The van der Waals surface area contributed by atoms with Crippen LogP contribution in [-0.4, -0.2) is 36.9 Å². The molecule has 1 aromatic carbocycles. The molecule has 0 radical (unpaired) electrons. The molecule has 3 N–H and O–H groups in total. The van der Waals surface area contributed by atoms with Gasteiger partial charge in [-0.3, -0.25) is 0 Å². The quantitative estimate of drug-likeness (QED) is 0.643. The average Bonchev–Trinajstić information content (AvgIpc) is 2.42. The Morgan fingerprint density at radius 1 is 1.33 bits per heavy atom. The minimum atomic E-state index is -1.24. The van der Waals surface area contributed by atoms with Gasteiger partial charge in [-0.2, -0.15) is 0 Å². The van der Waals surface area contributed by atoms with E-state index in [2.05, 4.69) is 10.6 Å². The lowest BCUT2D eigenvalue weighted by Crippen LogP contribution is -2.32. The lowest BCUT2D eigenvalue weighted by atomic mass is 10.2. The molecule has 0 aromatic heterocycles. The third-order valence-corrected chi connectivity index (χ3v) is 2.63. The molecule has 0 unspecified atom stereocenters. The van der Waals surface area contributed by atoms with Gasteiger partial charge < -0.3 is 20.5 Å². The van der Waals surface area contributed by atoms with Gasteiger partial charge in [0.05, 0.1) is 17.9 Å². The first kappa shape index (κ1) is 16.9. The number of carbonyl (C=O) groups is 2. The number of aromatic carboxylic acids is 1. The molecule has 0 aliphatic rings. The Kier molecular flexibility index (Phi) is 7.17. The highest BCUT2D eigenvalue weighted by Gasteiger charge is 2.13. The van der Waals surface area contributed by atoms with E-state index in [0.717, 1.165) is 31.0 Å². The normalized spacial score (nSPS) is 10.2. The number of carboxylic acids is 1. The maximum Gasteiger partial charge on any atom is 0.337 e. The van der Waals surface area contributed by atoms with Gasteiger partial charge >= 0.3 is 12.0 Å². The highest BCUT2D eigenvalue weighted by Crippen LogP contribution is 2.17. The van der Waals surface area contributed by atoms with Crippen molar-refractivity contribution < 1.29 is 23.8 Å². The second-order valence-electron chi connectivity index (χ2n) is 4.34. The maximum absolute atomic E-state index is 13.1. The van der Waals surface area contributed by atoms with Crippen LogP contribution >= 0.6 is 0 Å². The summed E-state index contributed by atoms with van der Waals surface area (Å²) in [7, 11) is 0. The SMILES string of the molecule is CCCCOCCNC(=O)Nc1cc(F)ccc1C(=O)O. The Morgan fingerprint density at radius 3 is 2.76 bits per heavy atom. The number of benzene rings is 1. The van der Waals surface area contributed by atoms with Gasteiger partial charge in [-0.15, -0.1) is 0 Å². The Balaban J connectivity index is 2.44. The molecular weight excluding hydrogens is 279 g/mol. The molecule has 0 fully saturated rings. The van der Waals surface area contributed by atoms with Crippen LogP contribution in [0.25, 0.3) is 0 Å². The lowest BCUT2D eigenvalue weighted by Gasteiger charge is -2.10. The monoisotopic (exact) mass is 298 g/mol. The summed E-state index contributed by atoms with van der Waals surface area (Å²) < 4.78 is 18.4. The van der Waals surface area contributed by atoms with E-state index in [1.165, 1.54) is 0 Å². The van der Waals surface area contributed by atoms with Crippen molar-refractivity contribution in [3.05, 3.63) is 29.6 Å². The van der Waals surface area contributed by atoms with E-state index in [9.17, 15) is 14.0 Å². The minimum absolute atomic E-state index is 0.0908. The number of unbranched alkanes of at least 4 members (excludes halogenated alkanes) is 1. The summed E-state index contributed by atoms with van der Waals surface area (Å²) in [5.74, 6) is -1.87. The number of anilines is 1. The summed E-state index contributed by atoms with van der Waals surface area (Å²) in [5, 5.41) is 13.8. The number of carbonyl (C=O) groups excluding carboxylic acids is 1. The molecule has 0 spiro atoms. The van der Waals surface area contributed by atoms with E-state index >= 15 is 0 Å². The molecule has 116 valence electrons. The van der Waals surface area contributed by atoms with Crippen molar-refractivity contribution in [1.29, 1.82) is 0 Å². The number of halogens is 1. The van der Waals surface area contributed by atoms with Crippen molar-refractivity contribution in [2.75, 3.05) is 25.1 Å². The first-order valence-corrected chi connectivity index (χ1v) is 6.70. The summed E-state index contributed by atoms with van der Waals surface area (Å²) in [5.41, 5.74) is -0.266. The van der Waals surface area contributed by atoms with Crippen LogP contribution in [0.3, 0.4) is 0 Å². The van der Waals surface area contributed by atoms with Gasteiger partial charge in [0, 0.05) is 13.2 Å². The molecule has 0 saturated carbocycles. The summed E-state index contributed by atoms with van der Waals surface area (Å²) in [4.78, 5) is 22.6. The van der Waals surface area contributed by atoms with Crippen LogP contribution in [0.5, 0.6) is 0 Å². The number of hydrogen-bond donors (Lipinski definition) is 3. The number of hydrogen-bond acceptors (Lipinski definition) is 3. The van der Waals surface area contributed by atoms with Crippen LogP contribution in [0, 0.1) is 5.82 Å². The Hall–Kier alpha value is -2.15. The van der Waals surface area contributed by atoms with Gasteiger partial charge in [0.25, 0.3) is 0 Å². The zero-order chi connectivity index (χ0) is 15.7. The predicted molar refractivity (Wildman–Crippen MR) is 76.1 cm³/mol. The van der Waals surface area contributed by atoms with Crippen molar-refractivity contribution in [3.63, 3.8) is 0 Å². The molecule has 0 atom stereocenters. The largest absolute Gasteiger partial charge is 0.478 e. The molecule has 0 saturated heterocycles. The molecule has 1 rings (SSSR count). The van der Waals surface area contributed by atoms with Gasteiger partial charge in [-0.1, -0.05) is 13.3 Å². The molecule has 0 bridgehead atoms. The number of urea groups is 1. The minimum Gasteiger partial charge on any atom is -0.478 e. The fourth-order valence-electron chi connectivity index (χ4n) is 1.56. The van der Waals surface area contributed by atoms with Crippen molar-refractivity contribution in [3.8, 4) is 0 Å². The fraction of sp³-hybridized carbons (Fsp3) is 0.429. The van der Waals surface area contributed by atoms with Crippen molar-refractivity contribution in [2.45, 2.75) is 19.8 Å². The van der Waals surface area contributed by atoms with Crippen LogP contribution in [-0.2, 0) is 4.74 Å². The molecule has 0 heterocycles. The van der Waals surface area contributed by atoms with E-state index in [1.54, 1.807) is 0 Å². The van der Waals surface area contributed by atoms with Gasteiger partial charge in [0.1, 0.15) is 5.82 Å². The number of rotatable bonds is 8. The van der Waals surface area contributed by atoms with Crippen molar-refractivity contribution in [2.24, 2.45) is 0 Å². The van der Waals surface area contributed by atoms with E-state index in [0.29, 0.717) is 13.2 Å². The Bertz CT molecular complexity index is 494. The van der Waals surface area contributed by atoms with Crippen LogP contribution in [0.2, 0.25) is 0 Å². The predicted octanol–water partition coefficient (Wildman–Crippen LogP) is 2.46. The molecule has 21 heavy (non-hydrogen) atoms. The summed E-state index contributed by atoms with van der Waals surface area (Å²) >= 11 is 0. The summed E-state index contributed by atoms with van der Waals surface area (Å²) in [6.45, 7) is 3.33. The number of ether oxygens (including phenoxy) is 1. The molecule has 7 heteroatoms. The van der Waals surface area contributed by atoms with Crippen LogP contribution in [0.1, 0.15) is 30.1 Å². The molecule has 1 aromatic rings. The Labute approximate surface area is 122 Å². The van der Waals surface area contributed by atoms with Gasteiger partial charge in [0.2, 0.25) is 0 Å². The molecule has 0 aliphatic carbocycles. The second kappa shape index (κ2) is 8.91. The Morgan fingerprint density at radius 2 is 2.10 bits per heavy atom. The van der Waals surface area contributed by atoms with Gasteiger partial charge in [0.15, 0.2) is 0 Å². The second-order valence-corrected chi connectivity index (χ2v) is 4.34. The zero-order valence-electron chi connectivity index (χ0n) is 11.8. The lowest BCUT2D eigenvalue weighted by molar-refractivity contribution is 0.0698. The third-order valence-electron chi connectivity index (χ3n) is 2.63. The summed E-state index contributed by atoms with van der Waals surface area (Å²) in [6.07, 6.45) is 1.99.